The number of sulfone groups is 1. The Morgan fingerprint density at radius 1 is 1.09 bits per heavy atom. The highest BCUT2D eigenvalue weighted by Crippen LogP contribution is 2.34. The van der Waals surface area contributed by atoms with Crippen LogP contribution in [0.4, 0.5) is 13.2 Å². The third kappa shape index (κ3) is 3.54. The van der Waals surface area contributed by atoms with Crippen molar-refractivity contribution in [1.82, 2.24) is 0 Å². The van der Waals surface area contributed by atoms with Crippen LogP contribution in [0.25, 0.3) is 0 Å². The minimum absolute atomic E-state index is 0.105. The van der Waals surface area contributed by atoms with Gasteiger partial charge in [-0.15, -0.1) is 0 Å². The molecule has 120 valence electrons. The van der Waals surface area contributed by atoms with E-state index in [2.05, 4.69) is 0 Å². The molecule has 2 rings (SSSR count). The Labute approximate surface area is 131 Å². The molecule has 0 spiro atoms. The number of nitrogens with zero attached hydrogens (tertiary/aromatic N) is 1. The maximum absolute atomic E-state index is 12.8. The molecule has 0 amide bonds. The highest BCUT2D eigenvalue weighted by molar-refractivity contribution is 7.92. The van der Waals surface area contributed by atoms with E-state index in [0.717, 1.165) is 17.7 Å². The van der Waals surface area contributed by atoms with Crippen molar-refractivity contribution in [1.29, 1.82) is 5.26 Å². The number of rotatable bonds is 3. The number of benzene rings is 2. The fourth-order valence-corrected chi connectivity index (χ4v) is 3.50. The molecular formula is C16H12F3NO2S. The summed E-state index contributed by atoms with van der Waals surface area (Å²) in [6, 6.07) is 11.2. The van der Waals surface area contributed by atoms with Gasteiger partial charge >= 0.3 is 6.18 Å². The quantitative estimate of drug-likeness (QED) is 0.847. The summed E-state index contributed by atoms with van der Waals surface area (Å²) in [4.78, 5) is -0.105. The summed E-state index contributed by atoms with van der Waals surface area (Å²) in [5, 5.41) is 7.51. The molecule has 3 nitrogen and oxygen atoms in total. The molecule has 0 aromatic heterocycles. The molecule has 0 aliphatic carbocycles. The number of aryl methyl sites for hydroxylation is 1. The van der Waals surface area contributed by atoms with Crippen molar-refractivity contribution in [2.45, 2.75) is 23.2 Å². The van der Waals surface area contributed by atoms with Gasteiger partial charge in [-0.2, -0.15) is 18.4 Å². The zero-order valence-corrected chi connectivity index (χ0v) is 12.8. The van der Waals surface area contributed by atoms with E-state index in [0.29, 0.717) is 6.07 Å². The van der Waals surface area contributed by atoms with Gasteiger partial charge in [0.15, 0.2) is 15.1 Å². The van der Waals surface area contributed by atoms with Crippen molar-refractivity contribution in [3.63, 3.8) is 0 Å². The van der Waals surface area contributed by atoms with Gasteiger partial charge in [0, 0.05) is 0 Å². The largest absolute Gasteiger partial charge is 0.416 e. The average molecular weight is 339 g/mol. The summed E-state index contributed by atoms with van der Waals surface area (Å²) in [7, 11) is -4.11. The minimum Gasteiger partial charge on any atom is -0.222 e. The molecule has 0 bridgehead atoms. The molecule has 1 atom stereocenters. The number of halogens is 3. The number of hydrogen-bond acceptors (Lipinski definition) is 3. The van der Waals surface area contributed by atoms with Crippen molar-refractivity contribution >= 4 is 9.84 Å². The lowest BCUT2D eigenvalue weighted by Crippen LogP contribution is -2.14. The lowest BCUT2D eigenvalue weighted by Gasteiger charge is -2.14. The van der Waals surface area contributed by atoms with E-state index in [4.69, 9.17) is 0 Å². The standard InChI is InChI=1S/C16H12F3NO2S/c1-11-5-7-14(8-6-11)23(21,22)15(10-20)12-3-2-4-13(9-12)16(17,18)19/h2-9,15H,1H3. The summed E-state index contributed by atoms with van der Waals surface area (Å²) < 4.78 is 63.4. The first-order chi connectivity index (χ1) is 10.7. The molecule has 23 heavy (non-hydrogen) atoms. The maximum Gasteiger partial charge on any atom is 0.416 e. The van der Waals surface area contributed by atoms with Crippen molar-refractivity contribution in [2.24, 2.45) is 0 Å². The Balaban J connectivity index is 2.52. The SMILES string of the molecule is Cc1ccc(S(=O)(=O)C(C#N)c2cccc(C(F)(F)F)c2)cc1. The van der Waals surface area contributed by atoms with Crippen LogP contribution in [0.3, 0.4) is 0 Å². The lowest BCUT2D eigenvalue weighted by atomic mass is 10.1. The minimum atomic E-state index is -4.61. The summed E-state index contributed by atoms with van der Waals surface area (Å²) in [5.74, 6) is 0. The first-order valence-corrected chi connectivity index (χ1v) is 8.08. The Hall–Kier alpha value is -2.33. The molecule has 0 aliphatic rings. The van der Waals surface area contributed by atoms with Gasteiger partial charge in [0.2, 0.25) is 0 Å². The van der Waals surface area contributed by atoms with E-state index in [1.165, 1.54) is 18.2 Å². The first kappa shape index (κ1) is 17.0. The zero-order chi connectivity index (χ0) is 17.3. The van der Waals surface area contributed by atoms with E-state index >= 15 is 0 Å². The highest BCUT2D eigenvalue weighted by Gasteiger charge is 2.34. The van der Waals surface area contributed by atoms with Gasteiger partial charge < -0.3 is 0 Å². The molecule has 0 saturated carbocycles. The Morgan fingerprint density at radius 3 is 2.22 bits per heavy atom. The van der Waals surface area contributed by atoms with Crippen LogP contribution in [0.1, 0.15) is 21.9 Å². The zero-order valence-electron chi connectivity index (χ0n) is 12.0. The van der Waals surface area contributed by atoms with Crippen LogP contribution in [0.2, 0.25) is 0 Å². The molecule has 1 unspecified atom stereocenters. The monoisotopic (exact) mass is 339 g/mol. The van der Waals surface area contributed by atoms with Gasteiger partial charge in [-0.05, 0) is 36.8 Å². The lowest BCUT2D eigenvalue weighted by molar-refractivity contribution is -0.137. The number of alkyl halides is 3. The summed E-state index contributed by atoms with van der Waals surface area (Å²) in [5.41, 5.74) is -0.367. The van der Waals surface area contributed by atoms with Crippen molar-refractivity contribution in [3.8, 4) is 6.07 Å². The predicted octanol–water partition coefficient (Wildman–Crippen LogP) is 4.05. The van der Waals surface area contributed by atoms with Gasteiger partial charge in [-0.1, -0.05) is 29.8 Å². The van der Waals surface area contributed by atoms with Crippen LogP contribution >= 0.6 is 0 Å². The van der Waals surface area contributed by atoms with Gasteiger partial charge in [0.1, 0.15) is 0 Å². The molecule has 0 fully saturated rings. The molecule has 0 aliphatic heterocycles. The Bertz CT molecular complexity index is 850. The van der Waals surface area contributed by atoms with Gasteiger partial charge in [-0.25, -0.2) is 8.42 Å². The summed E-state index contributed by atoms with van der Waals surface area (Å²) in [6.07, 6.45) is -4.61. The fourth-order valence-electron chi connectivity index (χ4n) is 2.07. The topological polar surface area (TPSA) is 57.9 Å². The molecule has 7 heteroatoms. The second-order valence-electron chi connectivity index (χ2n) is 4.99. The van der Waals surface area contributed by atoms with E-state index in [1.807, 2.05) is 0 Å². The van der Waals surface area contributed by atoms with E-state index < -0.39 is 26.8 Å². The Kier molecular flexibility index (Phi) is 4.48. The molecule has 0 heterocycles. The fraction of sp³-hybridized carbons (Fsp3) is 0.188. The maximum atomic E-state index is 12.8. The molecule has 2 aromatic carbocycles. The first-order valence-electron chi connectivity index (χ1n) is 6.53. The normalized spacial score (nSPS) is 13.3. The highest BCUT2D eigenvalue weighted by atomic mass is 32.2. The molecule has 0 radical (unpaired) electrons. The van der Waals surface area contributed by atoms with Gasteiger partial charge in [-0.3, -0.25) is 0 Å². The smallest absolute Gasteiger partial charge is 0.222 e. The second kappa shape index (κ2) is 6.05. The van der Waals surface area contributed by atoms with Gasteiger partial charge in [0.25, 0.3) is 0 Å². The van der Waals surface area contributed by atoms with E-state index in [-0.39, 0.29) is 10.5 Å². The molecular weight excluding hydrogens is 327 g/mol. The van der Waals surface area contributed by atoms with E-state index in [9.17, 15) is 26.9 Å². The Morgan fingerprint density at radius 2 is 1.70 bits per heavy atom. The van der Waals surface area contributed by atoms with Crippen LogP contribution in [0, 0.1) is 18.3 Å². The molecule has 0 N–H and O–H groups in total. The third-order valence-corrected chi connectivity index (χ3v) is 5.22. The van der Waals surface area contributed by atoms with Crippen LogP contribution < -0.4 is 0 Å². The van der Waals surface area contributed by atoms with Crippen LogP contribution in [0.15, 0.2) is 53.4 Å². The van der Waals surface area contributed by atoms with Crippen LogP contribution in [-0.4, -0.2) is 8.42 Å². The van der Waals surface area contributed by atoms with Crippen molar-refractivity contribution < 1.29 is 21.6 Å². The summed E-state index contributed by atoms with van der Waals surface area (Å²) >= 11 is 0. The molecule has 0 saturated heterocycles. The third-order valence-electron chi connectivity index (χ3n) is 3.29. The number of nitriles is 1. The average Bonchev–Trinajstić information content (AvgIpc) is 2.47. The number of hydrogen-bond donors (Lipinski definition) is 0. The molecule has 2 aromatic rings. The van der Waals surface area contributed by atoms with Crippen LogP contribution in [0.5, 0.6) is 0 Å². The van der Waals surface area contributed by atoms with Gasteiger partial charge in [0.05, 0.1) is 16.5 Å². The van der Waals surface area contributed by atoms with E-state index in [1.54, 1.807) is 25.1 Å². The van der Waals surface area contributed by atoms with Crippen LogP contribution in [-0.2, 0) is 16.0 Å². The predicted molar refractivity (Wildman–Crippen MR) is 78.2 cm³/mol. The summed E-state index contributed by atoms with van der Waals surface area (Å²) in [6.45, 7) is 1.77. The van der Waals surface area contributed by atoms with Crippen molar-refractivity contribution in [2.75, 3.05) is 0 Å². The van der Waals surface area contributed by atoms with Crippen molar-refractivity contribution in [3.05, 3.63) is 65.2 Å². The second-order valence-corrected chi connectivity index (χ2v) is 7.02.